The van der Waals surface area contributed by atoms with Crippen LogP contribution in [0.1, 0.15) is 43.7 Å². The lowest BCUT2D eigenvalue weighted by Gasteiger charge is -2.30. The van der Waals surface area contributed by atoms with Crippen molar-refractivity contribution < 1.29 is 0 Å². The molecule has 88 valence electrons. The van der Waals surface area contributed by atoms with Crippen LogP contribution in [0, 0.1) is 0 Å². The minimum absolute atomic E-state index is 0.270. The highest BCUT2D eigenvalue weighted by atomic mass is 79.9. The van der Waals surface area contributed by atoms with Crippen LogP contribution in [-0.4, -0.2) is 6.54 Å². The standard InChI is InChI=1S/C14H20BrN/c1-2-11-9-12(15)5-6-13(11)14(10-16)7-3-4-8-14/h5-6,9H,2-4,7-8,10,16H2,1H3. The van der Waals surface area contributed by atoms with Gasteiger partial charge in [-0.3, -0.25) is 0 Å². The Balaban J connectivity index is 2.45. The number of hydrogen-bond donors (Lipinski definition) is 1. The molecule has 0 heterocycles. The van der Waals surface area contributed by atoms with Gasteiger partial charge in [0.1, 0.15) is 0 Å². The Hall–Kier alpha value is -0.340. The molecule has 0 aromatic heterocycles. The van der Waals surface area contributed by atoms with Crippen molar-refractivity contribution in [2.75, 3.05) is 6.54 Å². The molecule has 2 N–H and O–H groups in total. The van der Waals surface area contributed by atoms with Crippen molar-refractivity contribution in [2.45, 2.75) is 44.4 Å². The van der Waals surface area contributed by atoms with Gasteiger partial charge in [-0.1, -0.05) is 41.8 Å². The van der Waals surface area contributed by atoms with E-state index in [0.717, 1.165) is 13.0 Å². The van der Waals surface area contributed by atoms with Crippen LogP contribution >= 0.6 is 15.9 Å². The van der Waals surface area contributed by atoms with E-state index in [4.69, 9.17) is 5.73 Å². The first kappa shape index (κ1) is 12.1. The monoisotopic (exact) mass is 281 g/mol. The van der Waals surface area contributed by atoms with Crippen molar-refractivity contribution in [1.82, 2.24) is 0 Å². The molecule has 2 rings (SSSR count). The van der Waals surface area contributed by atoms with Crippen LogP contribution in [0.25, 0.3) is 0 Å². The van der Waals surface area contributed by atoms with Gasteiger partial charge < -0.3 is 5.73 Å². The van der Waals surface area contributed by atoms with Crippen molar-refractivity contribution in [3.63, 3.8) is 0 Å². The van der Waals surface area contributed by atoms with Crippen molar-refractivity contribution in [2.24, 2.45) is 5.73 Å². The van der Waals surface area contributed by atoms with Gasteiger partial charge in [0.25, 0.3) is 0 Å². The molecule has 0 aliphatic heterocycles. The Labute approximate surface area is 107 Å². The van der Waals surface area contributed by atoms with Gasteiger partial charge in [-0.05, 0) is 42.5 Å². The summed E-state index contributed by atoms with van der Waals surface area (Å²) in [6.45, 7) is 3.02. The lowest BCUT2D eigenvalue weighted by molar-refractivity contribution is 0.449. The van der Waals surface area contributed by atoms with Gasteiger partial charge in [-0.15, -0.1) is 0 Å². The van der Waals surface area contributed by atoms with Crippen molar-refractivity contribution >= 4 is 15.9 Å². The van der Waals surface area contributed by atoms with Crippen LogP contribution in [0.15, 0.2) is 22.7 Å². The van der Waals surface area contributed by atoms with Crippen molar-refractivity contribution in [3.05, 3.63) is 33.8 Å². The third-order valence-electron chi connectivity index (χ3n) is 3.97. The molecule has 0 saturated heterocycles. The maximum absolute atomic E-state index is 6.05. The van der Waals surface area contributed by atoms with Gasteiger partial charge in [0.2, 0.25) is 0 Å². The van der Waals surface area contributed by atoms with Crippen LogP contribution < -0.4 is 5.73 Å². The van der Waals surface area contributed by atoms with Gasteiger partial charge in [0.05, 0.1) is 0 Å². The number of benzene rings is 1. The summed E-state index contributed by atoms with van der Waals surface area (Å²) in [6, 6.07) is 6.69. The lowest BCUT2D eigenvalue weighted by atomic mass is 9.76. The molecule has 1 aliphatic carbocycles. The SMILES string of the molecule is CCc1cc(Br)ccc1C1(CN)CCCC1. The Kier molecular flexibility index (Phi) is 3.70. The van der Waals surface area contributed by atoms with Crippen LogP contribution in [0.3, 0.4) is 0 Å². The summed E-state index contributed by atoms with van der Waals surface area (Å²) in [5.74, 6) is 0. The maximum Gasteiger partial charge on any atom is 0.0178 e. The summed E-state index contributed by atoms with van der Waals surface area (Å²) in [5, 5.41) is 0. The summed E-state index contributed by atoms with van der Waals surface area (Å²) in [6.07, 6.45) is 6.28. The second-order valence-electron chi connectivity index (χ2n) is 4.85. The molecule has 0 spiro atoms. The zero-order valence-corrected chi connectivity index (χ0v) is 11.5. The predicted octanol–water partition coefficient (Wildman–Crippen LogP) is 3.78. The number of nitrogens with two attached hydrogens (primary N) is 1. The molecule has 0 atom stereocenters. The zero-order chi connectivity index (χ0) is 11.6. The van der Waals surface area contributed by atoms with Crippen LogP contribution in [0.4, 0.5) is 0 Å². The molecule has 2 heteroatoms. The average Bonchev–Trinajstić information content (AvgIpc) is 2.78. The van der Waals surface area contributed by atoms with Gasteiger partial charge >= 0.3 is 0 Å². The molecule has 1 aromatic rings. The van der Waals surface area contributed by atoms with E-state index in [-0.39, 0.29) is 5.41 Å². The summed E-state index contributed by atoms with van der Waals surface area (Å²) in [5.41, 5.74) is 9.28. The van der Waals surface area contributed by atoms with E-state index in [0.29, 0.717) is 0 Å². The topological polar surface area (TPSA) is 26.0 Å². The second-order valence-corrected chi connectivity index (χ2v) is 5.76. The van der Waals surface area contributed by atoms with E-state index in [2.05, 4.69) is 41.1 Å². The highest BCUT2D eigenvalue weighted by Crippen LogP contribution is 2.42. The van der Waals surface area contributed by atoms with Crippen molar-refractivity contribution in [1.29, 1.82) is 0 Å². The first-order valence-corrected chi connectivity index (χ1v) is 7.00. The quantitative estimate of drug-likeness (QED) is 0.897. The largest absolute Gasteiger partial charge is 0.330 e. The van der Waals surface area contributed by atoms with Gasteiger partial charge in [0, 0.05) is 16.4 Å². The molecule has 1 saturated carbocycles. The van der Waals surface area contributed by atoms with Crippen molar-refractivity contribution in [3.8, 4) is 0 Å². The normalized spacial score (nSPS) is 18.9. The molecule has 0 unspecified atom stereocenters. The molecule has 1 nitrogen and oxygen atoms in total. The fraction of sp³-hybridized carbons (Fsp3) is 0.571. The minimum atomic E-state index is 0.270. The molecule has 0 radical (unpaired) electrons. The first-order chi connectivity index (χ1) is 7.72. The van der Waals surface area contributed by atoms with E-state index in [1.165, 1.54) is 41.3 Å². The molecule has 1 aliphatic rings. The Morgan fingerprint density at radius 3 is 2.56 bits per heavy atom. The number of halogens is 1. The Morgan fingerprint density at radius 1 is 1.31 bits per heavy atom. The molecule has 1 fully saturated rings. The molecule has 16 heavy (non-hydrogen) atoms. The van der Waals surface area contributed by atoms with Crippen LogP contribution in [0.5, 0.6) is 0 Å². The van der Waals surface area contributed by atoms with E-state index in [9.17, 15) is 0 Å². The number of rotatable bonds is 3. The summed E-state index contributed by atoms with van der Waals surface area (Å²) < 4.78 is 1.18. The smallest absolute Gasteiger partial charge is 0.0178 e. The van der Waals surface area contributed by atoms with Crippen LogP contribution in [-0.2, 0) is 11.8 Å². The van der Waals surface area contributed by atoms with Gasteiger partial charge in [-0.2, -0.15) is 0 Å². The van der Waals surface area contributed by atoms with Gasteiger partial charge in [-0.25, -0.2) is 0 Å². The summed E-state index contributed by atoms with van der Waals surface area (Å²) in [7, 11) is 0. The molecule has 0 amide bonds. The summed E-state index contributed by atoms with van der Waals surface area (Å²) >= 11 is 3.55. The molecular formula is C14H20BrN. The first-order valence-electron chi connectivity index (χ1n) is 6.21. The highest BCUT2D eigenvalue weighted by molar-refractivity contribution is 9.10. The Bertz CT molecular complexity index is 367. The van der Waals surface area contributed by atoms with Crippen LogP contribution in [0.2, 0.25) is 0 Å². The predicted molar refractivity (Wildman–Crippen MR) is 72.7 cm³/mol. The van der Waals surface area contributed by atoms with E-state index in [1.807, 2.05) is 0 Å². The lowest BCUT2D eigenvalue weighted by Crippen LogP contribution is -2.33. The third kappa shape index (κ3) is 2.05. The number of aryl methyl sites for hydroxylation is 1. The molecule has 0 bridgehead atoms. The fourth-order valence-corrected chi connectivity index (χ4v) is 3.42. The average molecular weight is 282 g/mol. The van der Waals surface area contributed by atoms with Gasteiger partial charge in [0.15, 0.2) is 0 Å². The fourth-order valence-electron chi connectivity index (χ4n) is 3.01. The molecular weight excluding hydrogens is 262 g/mol. The zero-order valence-electron chi connectivity index (χ0n) is 9.93. The second kappa shape index (κ2) is 4.89. The molecule has 1 aromatic carbocycles. The van der Waals surface area contributed by atoms with E-state index < -0.39 is 0 Å². The maximum atomic E-state index is 6.05. The van der Waals surface area contributed by atoms with E-state index >= 15 is 0 Å². The van der Waals surface area contributed by atoms with E-state index in [1.54, 1.807) is 0 Å². The Morgan fingerprint density at radius 2 is 2.00 bits per heavy atom. The summed E-state index contributed by atoms with van der Waals surface area (Å²) in [4.78, 5) is 0. The third-order valence-corrected chi connectivity index (χ3v) is 4.46. The minimum Gasteiger partial charge on any atom is -0.330 e. The number of hydrogen-bond acceptors (Lipinski definition) is 1. The highest BCUT2D eigenvalue weighted by Gasteiger charge is 2.35.